The molecule has 0 N–H and O–H groups in total. The summed E-state index contributed by atoms with van der Waals surface area (Å²) in [6.45, 7) is 4.63. The first kappa shape index (κ1) is 29.9. The lowest BCUT2D eigenvalue weighted by molar-refractivity contribution is -0.148. The quantitative estimate of drug-likeness (QED) is 0.0293. The lowest BCUT2D eigenvalue weighted by Crippen LogP contribution is -2.17. The topological polar surface area (TPSA) is 94.8 Å². The summed E-state index contributed by atoms with van der Waals surface area (Å²) in [5.41, 5.74) is 4.29. The van der Waals surface area contributed by atoms with E-state index in [2.05, 4.69) is 14.6 Å². The molecule has 0 amide bonds. The fourth-order valence-corrected chi connectivity index (χ4v) is 5.98. The fraction of sp³-hybridized carbons (Fsp3) is 0.147. The lowest BCUT2D eigenvalue weighted by atomic mass is 9.97. The van der Waals surface area contributed by atoms with E-state index in [1.807, 2.05) is 74.5 Å². The Morgan fingerprint density at radius 3 is 2.21 bits per heavy atom. The molecule has 0 aliphatic rings. The van der Waals surface area contributed by atoms with Crippen LogP contribution in [0, 0.1) is 6.92 Å². The normalized spacial score (nSPS) is 11.6. The monoisotopic (exact) mass is 610 g/mol. The summed E-state index contributed by atoms with van der Waals surface area (Å²) in [6, 6.07) is 25.7. The van der Waals surface area contributed by atoms with E-state index in [1.165, 1.54) is 11.8 Å². The summed E-state index contributed by atoms with van der Waals surface area (Å²) < 4.78 is 2.13. The number of benzene rings is 4. The molecule has 1 heterocycles. The van der Waals surface area contributed by atoms with E-state index in [0.29, 0.717) is 34.0 Å². The maximum absolute atomic E-state index is 13.7. The van der Waals surface area contributed by atoms with Crippen molar-refractivity contribution in [2.75, 3.05) is 5.75 Å². The number of rotatable bonds is 11. The molecule has 1 aromatic heterocycles. The molecule has 0 saturated heterocycles. The number of thioether (sulfide) groups is 1. The van der Waals surface area contributed by atoms with E-state index >= 15 is 0 Å². The van der Waals surface area contributed by atoms with Gasteiger partial charge in [-0.3, -0.25) is 14.4 Å². The van der Waals surface area contributed by atoms with E-state index < -0.39 is 11.8 Å². The van der Waals surface area contributed by atoms with Crippen molar-refractivity contribution in [1.82, 2.24) is 4.57 Å². The van der Waals surface area contributed by atoms with Crippen LogP contribution in [0.5, 0.6) is 0 Å². The van der Waals surface area contributed by atoms with E-state index in [0.717, 1.165) is 32.3 Å². The summed E-state index contributed by atoms with van der Waals surface area (Å²) in [6.07, 6.45) is 0.178. The molecule has 7 nitrogen and oxygen atoms in total. The van der Waals surface area contributed by atoms with Crippen LogP contribution in [0.3, 0.4) is 0 Å². The van der Waals surface area contributed by atoms with Crippen molar-refractivity contribution < 1.29 is 24.0 Å². The van der Waals surface area contributed by atoms with Gasteiger partial charge < -0.3 is 9.40 Å². The van der Waals surface area contributed by atoms with Crippen LogP contribution in [-0.4, -0.2) is 39.9 Å². The number of Topliss-reactive ketones (excluding diaryl/α,β-unsaturated/α-hetero) is 1. The Kier molecular flexibility index (Phi) is 9.19. The number of halogens is 1. The maximum atomic E-state index is 13.7. The summed E-state index contributed by atoms with van der Waals surface area (Å²) in [5, 5.41) is 6.03. The second-order valence-electron chi connectivity index (χ2n) is 9.80. The largest absolute Gasteiger partial charge is 0.397 e. The molecule has 0 aliphatic carbocycles. The molecule has 0 aliphatic heterocycles. The van der Waals surface area contributed by atoms with Crippen LogP contribution in [0.15, 0.2) is 95.0 Å². The lowest BCUT2D eigenvalue weighted by Gasteiger charge is -2.07. The van der Waals surface area contributed by atoms with Crippen LogP contribution in [-0.2, 0) is 21.0 Å². The Bertz CT molecular complexity index is 1910. The second kappa shape index (κ2) is 13.2. The number of fused-ring (bicyclic) bond motifs is 3. The van der Waals surface area contributed by atoms with E-state index in [9.17, 15) is 19.2 Å². The van der Waals surface area contributed by atoms with Crippen molar-refractivity contribution in [2.45, 2.75) is 31.7 Å². The van der Waals surface area contributed by atoms with Crippen LogP contribution in [0.1, 0.15) is 45.2 Å². The highest BCUT2D eigenvalue weighted by Crippen LogP contribution is 2.32. The van der Waals surface area contributed by atoms with Crippen molar-refractivity contribution in [3.63, 3.8) is 0 Å². The third-order valence-corrected chi connectivity index (χ3v) is 8.39. The van der Waals surface area contributed by atoms with Gasteiger partial charge in [-0.2, -0.15) is 0 Å². The molecular formula is C34H27ClN2O5S. The zero-order chi connectivity index (χ0) is 30.5. The first-order valence-electron chi connectivity index (χ1n) is 13.6. The van der Waals surface area contributed by atoms with Crippen LogP contribution in [0.2, 0.25) is 5.02 Å². The number of carbonyl (C=O) groups is 4. The molecule has 0 atom stereocenters. The molecule has 0 spiro atoms. The first-order chi connectivity index (χ1) is 20.8. The Morgan fingerprint density at radius 2 is 1.56 bits per heavy atom. The molecule has 0 bridgehead atoms. The Labute approximate surface area is 257 Å². The molecule has 5 aromatic rings. The number of hydrogen-bond donors (Lipinski definition) is 0. The fourth-order valence-electron chi connectivity index (χ4n) is 5.00. The standard InChI is InChI=1S/C34H27ClN2O5S/c1-3-37-30-14-8-22(33(40)26-7-5-4-6-21(26)2)18-27(30)28-19-23(9-15-31(28)37)34(41)29(36-42-32(39)20-38)16-17-43-25-12-10-24(35)11-13-25/h4-15,18-20H,3,16-17H2,1-2H3/b36-29+. The number of carbonyl (C=O) groups excluding carboxylic acids is 4. The first-order valence-corrected chi connectivity index (χ1v) is 15.0. The SMILES string of the molecule is CCn1c2ccc(C(=O)/C(CCSc3ccc(Cl)cc3)=N/OC(=O)C=O)cc2c2cc(C(=O)c3ccccc3C)ccc21. The van der Waals surface area contributed by atoms with E-state index in [-0.39, 0.29) is 24.2 Å². The second-order valence-corrected chi connectivity index (χ2v) is 11.4. The van der Waals surface area contributed by atoms with Gasteiger partial charge in [-0.15, -0.1) is 11.8 Å². The predicted molar refractivity (Wildman–Crippen MR) is 170 cm³/mol. The number of aromatic nitrogens is 1. The minimum atomic E-state index is -1.19. The van der Waals surface area contributed by atoms with Gasteiger partial charge in [-0.1, -0.05) is 41.0 Å². The zero-order valence-electron chi connectivity index (χ0n) is 23.5. The number of aryl methyl sites for hydroxylation is 2. The molecule has 0 saturated carbocycles. The number of ketones is 2. The third kappa shape index (κ3) is 6.45. The van der Waals surface area contributed by atoms with Crippen molar-refractivity contribution in [3.8, 4) is 0 Å². The van der Waals surface area contributed by atoms with Crippen LogP contribution in [0.4, 0.5) is 0 Å². The van der Waals surface area contributed by atoms with Gasteiger partial charge in [0.15, 0.2) is 5.78 Å². The van der Waals surface area contributed by atoms with Gasteiger partial charge in [-0.25, -0.2) is 4.79 Å². The predicted octanol–water partition coefficient (Wildman–Crippen LogP) is 7.47. The summed E-state index contributed by atoms with van der Waals surface area (Å²) in [5.74, 6) is -1.23. The third-order valence-electron chi connectivity index (χ3n) is 7.12. The van der Waals surface area contributed by atoms with Gasteiger partial charge in [0, 0.05) is 67.1 Å². The molecule has 43 heavy (non-hydrogen) atoms. The molecule has 5 rings (SSSR count). The molecule has 216 valence electrons. The minimum Gasteiger partial charge on any atom is -0.341 e. The molecule has 0 unspecified atom stereocenters. The van der Waals surface area contributed by atoms with Crippen molar-refractivity contribution >= 4 is 74.7 Å². The van der Waals surface area contributed by atoms with Crippen molar-refractivity contribution in [1.29, 1.82) is 0 Å². The van der Waals surface area contributed by atoms with Crippen molar-refractivity contribution in [2.24, 2.45) is 5.16 Å². The molecular weight excluding hydrogens is 584 g/mol. The highest BCUT2D eigenvalue weighted by atomic mass is 35.5. The van der Waals surface area contributed by atoms with Gasteiger partial charge in [0.25, 0.3) is 0 Å². The zero-order valence-corrected chi connectivity index (χ0v) is 25.1. The molecule has 4 aromatic carbocycles. The van der Waals surface area contributed by atoms with Crippen molar-refractivity contribution in [3.05, 3.63) is 112 Å². The molecule has 9 heteroatoms. The average molecular weight is 611 g/mol. The number of oxime groups is 1. The van der Waals surface area contributed by atoms with Gasteiger partial charge in [0.2, 0.25) is 12.1 Å². The Balaban J connectivity index is 1.51. The summed E-state index contributed by atoms with van der Waals surface area (Å²) in [4.78, 5) is 55.0. The minimum absolute atomic E-state index is 0.00443. The highest BCUT2D eigenvalue weighted by molar-refractivity contribution is 7.99. The van der Waals surface area contributed by atoms with E-state index in [1.54, 1.807) is 24.3 Å². The summed E-state index contributed by atoms with van der Waals surface area (Å²) in [7, 11) is 0. The van der Waals surface area contributed by atoms with Crippen LogP contribution >= 0.6 is 23.4 Å². The van der Waals surface area contributed by atoms with Crippen LogP contribution < -0.4 is 0 Å². The maximum Gasteiger partial charge on any atom is 0.397 e. The average Bonchev–Trinajstić information content (AvgIpc) is 3.35. The number of aldehydes is 1. The highest BCUT2D eigenvalue weighted by Gasteiger charge is 2.20. The number of nitrogens with zero attached hydrogens (tertiary/aromatic N) is 2. The van der Waals surface area contributed by atoms with Gasteiger partial charge in [-0.05, 0) is 80.1 Å². The summed E-state index contributed by atoms with van der Waals surface area (Å²) >= 11 is 7.46. The molecule has 0 radical (unpaired) electrons. The molecule has 0 fully saturated rings. The Hall–Kier alpha value is -4.53. The van der Waals surface area contributed by atoms with Gasteiger partial charge in [0.1, 0.15) is 5.71 Å². The van der Waals surface area contributed by atoms with Crippen LogP contribution in [0.25, 0.3) is 21.8 Å². The Morgan fingerprint density at radius 1 is 0.907 bits per heavy atom. The smallest absolute Gasteiger partial charge is 0.341 e. The number of hydrogen-bond acceptors (Lipinski definition) is 7. The van der Waals surface area contributed by atoms with E-state index in [4.69, 9.17) is 11.6 Å². The van der Waals surface area contributed by atoms with Gasteiger partial charge >= 0.3 is 5.97 Å². The van der Waals surface area contributed by atoms with Gasteiger partial charge in [0.05, 0.1) is 0 Å².